The molecule has 2 aromatic rings. The molecule has 0 saturated carbocycles. The van der Waals surface area contributed by atoms with Gasteiger partial charge < -0.3 is 4.74 Å². The first-order valence-electron chi connectivity index (χ1n) is 6.15. The first kappa shape index (κ1) is 13.0. The van der Waals surface area contributed by atoms with E-state index in [1.807, 2.05) is 37.3 Å². The van der Waals surface area contributed by atoms with Gasteiger partial charge in [0, 0.05) is 11.8 Å². The average molecular weight is 253 g/mol. The number of rotatable bonds is 4. The lowest BCUT2D eigenvalue weighted by Crippen LogP contribution is -2.01. The van der Waals surface area contributed by atoms with Crippen LogP contribution in [0, 0.1) is 11.3 Å². The normalized spacial score (nSPS) is 11.6. The van der Waals surface area contributed by atoms with Gasteiger partial charge >= 0.3 is 0 Å². The van der Waals surface area contributed by atoms with Crippen LogP contribution in [0.15, 0.2) is 36.5 Å². The lowest BCUT2D eigenvalue weighted by atomic mass is 10.1. The Morgan fingerprint density at radius 1 is 1.26 bits per heavy atom. The first-order chi connectivity index (χ1) is 9.28. The van der Waals surface area contributed by atoms with Crippen LogP contribution in [0.25, 0.3) is 11.3 Å². The molecule has 1 unspecified atom stereocenters. The van der Waals surface area contributed by atoms with E-state index in [2.05, 4.69) is 16.0 Å². The van der Waals surface area contributed by atoms with Gasteiger partial charge in [-0.1, -0.05) is 6.92 Å². The summed E-state index contributed by atoms with van der Waals surface area (Å²) in [6.07, 6.45) is 2.41. The van der Waals surface area contributed by atoms with E-state index in [-0.39, 0.29) is 5.92 Å². The molecule has 96 valence electrons. The molecule has 4 nitrogen and oxygen atoms in total. The second-order valence-electron chi connectivity index (χ2n) is 4.12. The van der Waals surface area contributed by atoms with Crippen LogP contribution in [-0.2, 0) is 0 Å². The SMILES string of the molecule is CCC(C#N)c1nccc(-c2ccc(OC)cc2)n1. The fourth-order valence-electron chi connectivity index (χ4n) is 1.80. The number of nitrogens with zero attached hydrogens (tertiary/aromatic N) is 3. The van der Waals surface area contributed by atoms with Crippen LogP contribution in [-0.4, -0.2) is 17.1 Å². The lowest BCUT2D eigenvalue weighted by molar-refractivity contribution is 0.415. The third kappa shape index (κ3) is 2.89. The van der Waals surface area contributed by atoms with E-state index >= 15 is 0 Å². The van der Waals surface area contributed by atoms with Crippen LogP contribution in [0.1, 0.15) is 25.1 Å². The van der Waals surface area contributed by atoms with E-state index in [4.69, 9.17) is 10.00 Å². The molecule has 0 bridgehead atoms. The zero-order valence-electron chi connectivity index (χ0n) is 11.0. The van der Waals surface area contributed by atoms with Gasteiger partial charge in [-0.05, 0) is 36.8 Å². The summed E-state index contributed by atoms with van der Waals surface area (Å²) in [6, 6.07) is 11.7. The second-order valence-corrected chi connectivity index (χ2v) is 4.12. The molecule has 0 aliphatic carbocycles. The Balaban J connectivity index is 2.34. The Kier molecular flexibility index (Phi) is 4.09. The Bertz CT molecular complexity index is 587. The summed E-state index contributed by atoms with van der Waals surface area (Å²) in [6.45, 7) is 1.96. The summed E-state index contributed by atoms with van der Waals surface area (Å²) in [5.41, 5.74) is 1.80. The zero-order valence-corrected chi connectivity index (χ0v) is 11.0. The highest BCUT2D eigenvalue weighted by atomic mass is 16.5. The predicted molar refractivity (Wildman–Crippen MR) is 72.7 cm³/mol. The number of nitriles is 1. The maximum atomic E-state index is 9.06. The molecule has 2 rings (SSSR count). The van der Waals surface area contributed by atoms with Gasteiger partial charge in [-0.3, -0.25) is 0 Å². The minimum atomic E-state index is -0.252. The van der Waals surface area contributed by atoms with Gasteiger partial charge in [0.25, 0.3) is 0 Å². The molecule has 0 spiro atoms. The maximum absolute atomic E-state index is 9.06. The third-order valence-corrected chi connectivity index (χ3v) is 2.94. The number of benzene rings is 1. The van der Waals surface area contributed by atoms with Gasteiger partial charge in [0.15, 0.2) is 0 Å². The van der Waals surface area contributed by atoms with E-state index in [9.17, 15) is 0 Å². The van der Waals surface area contributed by atoms with Crippen molar-refractivity contribution in [2.24, 2.45) is 0 Å². The summed E-state index contributed by atoms with van der Waals surface area (Å²) in [5.74, 6) is 1.14. The quantitative estimate of drug-likeness (QED) is 0.839. The first-order valence-corrected chi connectivity index (χ1v) is 6.15. The molecule has 0 aliphatic rings. The molecule has 1 heterocycles. The number of aromatic nitrogens is 2. The highest BCUT2D eigenvalue weighted by Crippen LogP contribution is 2.22. The molecule has 0 radical (unpaired) electrons. The van der Waals surface area contributed by atoms with Gasteiger partial charge in [-0.15, -0.1) is 0 Å². The molecule has 0 amide bonds. The van der Waals surface area contributed by atoms with Crippen LogP contribution >= 0.6 is 0 Å². The van der Waals surface area contributed by atoms with E-state index in [0.717, 1.165) is 17.0 Å². The zero-order chi connectivity index (χ0) is 13.7. The topological polar surface area (TPSA) is 58.8 Å². The molecule has 1 atom stereocenters. The molecular formula is C15H15N3O. The Hall–Kier alpha value is -2.41. The summed E-state index contributed by atoms with van der Waals surface area (Å²) >= 11 is 0. The van der Waals surface area contributed by atoms with Crippen molar-refractivity contribution in [3.05, 3.63) is 42.4 Å². The summed E-state index contributed by atoms with van der Waals surface area (Å²) in [4.78, 5) is 8.65. The molecule has 0 N–H and O–H groups in total. The molecule has 0 aliphatic heterocycles. The smallest absolute Gasteiger partial charge is 0.146 e. The van der Waals surface area contributed by atoms with Gasteiger partial charge in [0.05, 0.1) is 18.9 Å². The molecule has 0 fully saturated rings. The van der Waals surface area contributed by atoms with Crippen molar-refractivity contribution in [2.75, 3.05) is 7.11 Å². The summed E-state index contributed by atoms with van der Waals surface area (Å²) in [7, 11) is 1.64. The van der Waals surface area contributed by atoms with Crippen LogP contribution < -0.4 is 4.74 Å². The Morgan fingerprint density at radius 3 is 2.58 bits per heavy atom. The Morgan fingerprint density at radius 2 is 2.00 bits per heavy atom. The number of hydrogen-bond donors (Lipinski definition) is 0. The molecule has 19 heavy (non-hydrogen) atoms. The van der Waals surface area contributed by atoms with E-state index in [1.165, 1.54) is 0 Å². The lowest BCUT2D eigenvalue weighted by Gasteiger charge is -2.07. The van der Waals surface area contributed by atoms with Crippen LogP contribution in [0.5, 0.6) is 5.75 Å². The molecule has 1 aromatic carbocycles. The fourth-order valence-corrected chi connectivity index (χ4v) is 1.80. The number of hydrogen-bond acceptors (Lipinski definition) is 4. The van der Waals surface area contributed by atoms with Crippen LogP contribution in [0.2, 0.25) is 0 Å². The number of methoxy groups -OCH3 is 1. The molecule has 4 heteroatoms. The molecule has 0 saturated heterocycles. The molecular weight excluding hydrogens is 238 g/mol. The van der Waals surface area contributed by atoms with Gasteiger partial charge in [0.2, 0.25) is 0 Å². The van der Waals surface area contributed by atoms with Crippen molar-refractivity contribution in [1.82, 2.24) is 9.97 Å². The monoisotopic (exact) mass is 253 g/mol. The van der Waals surface area contributed by atoms with E-state index < -0.39 is 0 Å². The van der Waals surface area contributed by atoms with E-state index in [0.29, 0.717) is 12.2 Å². The highest BCUT2D eigenvalue weighted by Gasteiger charge is 2.12. The van der Waals surface area contributed by atoms with Crippen molar-refractivity contribution in [2.45, 2.75) is 19.3 Å². The molecule has 1 aromatic heterocycles. The van der Waals surface area contributed by atoms with E-state index in [1.54, 1.807) is 13.3 Å². The van der Waals surface area contributed by atoms with Gasteiger partial charge in [-0.2, -0.15) is 5.26 Å². The average Bonchev–Trinajstić information content (AvgIpc) is 2.49. The second kappa shape index (κ2) is 5.96. The van der Waals surface area contributed by atoms with Gasteiger partial charge in [-0.25, -0.2) is 9.97 Å². The van der Waals surface area contributed by atoms with Crippen LogP contribution in [0.3, 0.4) is 0 Å². The fraction of sp³-hybridized carbons (Fsp3) is 0.267. The summed E-state index contributed by atoms with van der Waals surface area (Å²) in [5, 5.41) is 9.06. The van der Waals surface area contributed by atoms with Crippen molar-refractivity contribution in [3.63, 3.8) is 0 Å². The third-order valence-electron chi connectivity index (χ3n) is 2.94. The Labute approximate surface area is 112 Å². The minimum absolute atomic E-state index is 0.252. The van der Waals surface area contributed by atoms with Crippen molar-refractivity contribution < 1.29 is 4.74 Å². The predicted octanol–water partition coefficient (Wildman–Crippen LogP) is 3.17. The summed E-state index contributed by atoms with van der Waals surface area (Å²) < 4.78 is 5.13. The largest absolute Gasteiger partial charge is 0.497 e. The highest BCUT2D eigenvalue weighted by molar-refractivity contribution is 5.59. The van der Waals surface area contributed by atoms with Crippen LogP contribution in [0.4, 0.5) is 0 Å². The number of ether oxygens (including phenoxy) is 1. The van der Waals surface area contributed by atoms with Crippen molar-refractivity contribution >= 4 is 0 Å². The van der Waals surface area contributed by atoms with Gasteiger partial charge in [0.1, 0.15) is 17.5 Å². The maximum Gasteiger partial charge on any atom is 0.146 e. The standard InChI is InChI=1S/C15H15N3O/c1-3-11(10-16)15-17-9-8-14(18-15)12-4-6-13(19-2)7-5-12/h4-9,11H,3H2,1-2H3. The van der Waals surface area contributed by atoms with Crippen molar-refractivity contribution in [3.8, 4) is 23.1 Å². The van der Waals surface area contributed by atoms with Crippen molar-refractivity contribution in [1.29, 1.82) is 5.26 Å². The minimum Gasteiger partial charge on any atom is -0.497 e.